The first kappa shape index (κ1) is 19.9. The van der Waals surface area contributed by atoms with E-state index in [1.54, 1.807) is 24.3 Å². The second-order valence-electron chi connectivity index (χ2n) is 5.69. The molecule has 144 valence electrons. The standard InChI is InChI=1S/C17H19N3O7/c1-11(19-17(25)26-10-12-5-3-2-4-6-12)16(24)18-9-15(23)27-20-13(21)7-8-14(20)22/h2-6,11H,7-10H2,1H3,(H,18,24)(H,19,25)/t11-/m0/s1. The molecule has 2 rings (SSSR count). The number of carbonyl (C=O) groups is 5. The zero-order chi connectivity index (χ0) is 19.8. The van der Waals surface area contributed by atoms with Crippen LogP contribution in [-0.2, 0) is 35.4 Å². The van der Waals surface area contributed by atoms with Crippen LogP contribution in [0, 0.1) is 0 Å². The molecule has 1 atom stereocenters. The molecule has 0 aromatic heterocycles. The molecule has 0 saturated carbocycles. The summed E-state index contributed by atoms with van der Waals surface area (Å²) in [6.07, 6.45) is -0.841. The first-order chi connectivity index (χ1) is 12.9. The third-order valence-electron chi connectivity index (χ3n) is 3.55. The van der Waals surface area contributed by atoms with Gasteiger partial charge in [-0.1, -0.05) is 30.3 Å². The molecule has 1 heterocycles. The van der Waals surface area contributed by atoms with Crippen LogP contribution in [0.3, 0.4) is 0 Å². The molecule has 10 nitrogen and oxygen atoms in total. The van der Waals surface area contributed by atoms with Crippen LogP contribution in [0.15, 0.2) is 30.3 Å². The molecule has 0 spiro atoms. The van der Waals surface area contributed by atoms with Crippen LogP contribution in [-0.4, -0.2) is 47.4 Å². The van der Waals surface area contributed by atoms with E-state index < -0.39 is 42.4 Å². The molecule has 2 N–H and O–H groups in total. The molecule has 1 fully saturated rings. The lowest BCUT2D eigenvalue weighted by molar-refractivity contribution is -0.196. The number of ether oxygens (including phenoxy) is 1. The summed E-state index contributed by atoms with van der Waals surface area (Å²) in [7, 11) is 0. The second kappa shape index (κ2) is 9.32. The SMILES string of the molecule is C[C@H](NC(=O)OCc1ccccc1)C(=O)NCC(=O)ON1C(=O)CCC1=O. The van der Waals surface area contributed by atoms with Crippen molar-refractivity contribution in [1.29, 1.82) is 0 Å². The molecular formula is C17H19N3O7. The molecule has 4 amide bonds. The van der Waals surface area contributed by atoms with E-state index >= 15 is 0 Å². The molecule has 1 aromatic carbocycles. The Balaban J connectivity index is 1.68. The highest BCUT2D eigenvalue weighted by Gasteiger charge is 2.32. The van der Waals surface area contributed by atoms with E-state index in [2.05, 4.69) is 15.5 Å². The van der Waals surface area contributed by atoms with Gasteiger partial charge in [0.1, 0.15) is 19.2 Å². The predicted octanol–water partition coefficient (Wildman–Crippen LogP) is 0.0247. The number of rotatable bonds is 7. The van der Waals surface area contributed by atoms with Crippen molar-refractivity contribution in [3.63, 3.8) is 0 Å². The fraction of sp³-hybridized carbons (Fsp3) is 0.353. The Hall–Kier alpha value is -3.43. The van der Waals surface area contributed by atoms with Gasteiger partial charge in [-0.3, -0.25) is 14.4 Å². The lowest BCUT2D eigenvalue weighted by Gasteiger charge is -2.15. The average Bonchev–Trinajstić information content (AvgIpc) is 2.97. The van der Waals surface area contributed by atoms with Gasteiger partial charge in [0.25, 0.3) is 11.8 Å². The molecule has 0 aliphatic carbocycles. The third-order valence-corrected chi connectivity index (χ3v) is 3.55. The smallest absolute Gasteiger partial charge is 0.408 e. The molecule has 1 saturated heterocycles. The average molecular weight is 377 g/mol. The zero-order valence-corrected chi connectivity index (χ0v) is 14.6. The number of imide groups is 1. The molecule has 0 radical (unpaired) electrons. The first-order valence-corrected chi connectivity index (χ1v) is 8.18. The number of alkyl carbamates (subject to hydrolysis) is 1. The van der Waals surface area contributed by atoms with Crippen molar-refractivity contribution in [2.45, 2.75) is 32.4 Å². The van der Waals surface area contributed by atoms with E-state index in [1.165, 1.54) is 6.92 Å². The summed E-state index contributed by atoms with van der Waals surface area (Å²) >= 11 is 0. The van der Waals surface area contributed by atoms with E-state index in [4.69, 9.17) is 4.74 Å². The Kier molecular flexibility index (Phi) is 6.86. The molecular weight excluding hydrogens is 358 g/mol. The summed E-state index contributed by atoms with van der Waals surface area (Å²) in [5, 5.41) is 4.93. The highest BCUT2D eigenvalue weighted by Crippen LogP contribution is 2.11. The Morgan fingerprint density at radius 3 is 2.37 bits per heavy atom. The highest BCUT2D eigenvalue weighted by atomic mass is 16.7. The van der Waals surface area contributed by atoms with Crippen LogP contribution in [0.25, 0.3) is 0 Å². The summed E-state index contributed by atoms with van der Waals surface area (Å²) in [6, 6.07) is 8.02. The summed E-state index contributed by atoms with van der Waals surface area (Å²) in [6.45, 7) is 0.879. The number of nitrogens with zero attached hydrogens (tertiary/aromatic N) is 1. The monoisotopic (exact) mass is 377 g/mol. The van der Waals surface area contributed by atoms with Gasteiger partial charge in [0, 0.05) is 12.8 Å². The molecule has 0 bridgehead atoms. The van der Waals surface area contributed by atoms with Crippen molar-refractivity contribution in [2.24, 2.45) is 0 Å². The third kappa shape index (κ3) is 6.10. The molecule has 0 unspecified atom stereocenters. The van der Waals surface area contributed by atoms with Gasteiger partial charge >= 0.3 is 12.1 Å². The Morgan fingerprint density at radius 2 is 1.74 bits per heavy atom. The van der Waals surface area contributed by atoms with Crippen molar-refractivity contribution in [2.75, 3.05) is 6.54 Å². The van der Waals surface area contributed by atoms with Gasteiger partial charge in [0.15, 0.2) is 0 Å². The fourth-order valence-corrected chi connectivity index (χ4v) is 2.11. The quantitative estimate of drug-likeness (QED) is 0.641. The second-order valence-corrected chi connectivity index (χ2v) is 5.69. The first-order valence-electron chi connectivity index (χ1n) is 8.18. The molecule has 1 aliphatic rings. The van der Waals surface area contributed by atoms with Crippen molar-refractivity contribution in [1.82, 2.24) is 15.7 Å². The predicted molar refractivity (Wildman–Crippen MR) is 89.4 cm³/mol. The Labute approximate surface area is 154 Å². The lowest BCUT2D eigenvalue weighted by Crippen LogP contribution is -2.47. The van der Waals surface area contributed by atoms with Crippen LogP contribution in [0.4, 0.5) is 4.79 Å². The largest absolute Gasteiger partial charge is 0.445 e. The number of hydroxylamine groups is 2. The molecule has 27 heavy (non-hydrogen) atoms. The maximum absolute atomic E-state index is 11.9. The maximum atomic E-state index is 11.9. The van der Waals surface area contributed by atoms with Crippen LogP contribution in [0.5, 0.6) is 0 Å². The van der Waals surface area contributed by atoms with Gasteiger partial charge in [-0.2, -0.15) is 0 Å². The van der Waals surface area contributed by atoms with Crippen LogP contribution in [0.2, 0.25) is 0 Å². The summed E-state index contributed by atoms with van der Waals surface area (Å²) in [5.74, 6) is -2.87. The van der Waals surface area contributed by atoms with Crippen molar-refractivity contribution >= 4 is 29.8 Å². The van der Waals surface area contributed by atoms with Crippen LogP contribution in [0.1, 0.15) is 25.3 Å². The number of nitrogens with one attached hydrogen (secondary N) is 2. The van der Waals surface area contributed by atoms with Crippen molar-refractivity contribution < 1.29 is 33.5 Å². The van der Waals surface area contributed by atoms with Gasteiger partial charge in [0.05, 0.1) is 0 Å². The van der Waals surface area contributed by atoms with E-state index in [0.717, 1.165) is 5.56 Å². The number of benzene rings is 1. The normalized spacial score (nSPS) is 14.5. The fourth-order valence-electron chi connectivity index (χ4n) is 2.11. The number of hydrogen-bond donors (Lipinski definition) is 2. The van der Waals surface area contributed by atoms with Crippen molar-refractivity contribution in [3.05, 3.63) is 35.9 Å². The van der Waals surface area contributed by atoms with E-state index in [9.17, 15) is 24.0 Å². The molecule has 1 aliphatic heterocycles. The summed E-state index contributed by atoms with van der Waals surface area (Å²) in [4.78, 5) is 62.4. The van der Waals surface area contributed by atoms with Gasteiger partial charge < -0.3 is 20.2 Å². The zero-order valence-electron chi connectivity index (χ0n) is 14.6. The Morgan fingerprint density at radius 1 is 1.11 bits per heavy atom. The topological polar surface area (TPSA) is 131 Å². The van der Waals surface area contributed by atoms with Crippen LogP contribution >= 0.6 is 0 Å². The number of hydrogen-bond acceptors (Lipinski definition) is 7. The van der Waals surface area contributed by atoms with Crippen molar-refractivity contribution in [3.8, 4) is 0 Å². The number of amides is 4. The minimum Gasteiger partial charge on any atom is -0.445 e. The van der Waals surface area contributed by atoms with Gasteiger partial charge in [-0.05, 0) is 12.5 Å². The molecule has 10 heteroatoms. The minimum absolute atomic E-state index is 0.0233. The van der Waals surface area contributed by atoms with Gasteiger partial charge in [0.2, 0.25) is 5.91 Å². The van der Waals surface area contributed by atoms with Crippen LogP contribution < -0.4 is 10.6 Å². The van der Waals surface area contributed by atoms with E-state index in [0.29, 0.717) is 5.06 Å². The minimum atomic E-state index is -0.981. The van der Waals surface area contributed by atoms with Gasteiger partial charge in [-0.25, -0.2) is 9.59 Å². The lowest BCUT2D eigenvalue weighted by atomic mass is 10.2. The summed E-state index contributed by atoms with van der Waals surface area (Å²) < 4.78 is 4.98. The van der Waals surface area contributed by atoms with E-state index in [-0.39, 0.29) is 19.4 Å². The van der Waals surface area contributed by atoms with E-state index in [1.807, 2.05) is 6.07 Å². The highest BCUT2D eigenvalue weighted by molar-refractivity contribution is 6.01. The summed E-state index contributed by atoms with van der Waals surface area (Å²) in [5.41, 5.74) is 0.790. The maximum Gasteiger partial charge on any atom is 0.408 e. The number of carbonyl (C=O) groups excluding carboxylic acids is 5. The Bertz CT molecular complexity index is 719. The molecule has 1 aromatic rings. The van der Waals surface area contributed by atoms with Gasteiger partial charge in [-0.15, -0.1) is 5.06 Å².